The molecule has 0 saturated carbocycles. The van der Waals surface area contributed by atoms with E-state index in [0.29, 0.717) is 13.1 Å². The molecule has 5 heteroatoms. The maximum Gasteiger partial charge on any atom is 0.309 e. The number of hydroxylamine groups is 2. The minimum atomic E-state index is -0.835. The van der Waals surface area contributed by atoms with Crippen LogP contribution in [0.2, 0.25) is 0 Å². The highest BCUT2D eigenvalue weighted by Gasteiger charge is 2.36. The summed E-state index contributed by atoms with van der Waals surface area (Å²) in [6, 6.07) is -0.322. The van der Waals surface area contributed by atoms with Crippen LogP contribution in [0.4, 0.5) is 0 Å². The third kappa shape index (κ3) is 3.15. The topological polar surface area (TPSA) is 75.8 Å². The molecule has 2 atom stereocenters. The van der Waals surface area contributed by atoms with Crippen LogP contribution in [0.5, 0.6) is 0 Å². The van der Waals surface area contributed by atoms with Gasteiger partial charge in [-0.05, 0) is 12.8 Å². The molecule has 0 aromatic carbocycles. The van der Waals surface area contributed by atoms with E-state index in [1.165, 1.54) is 0 Å². The Hall–Kier alpha value is -0.650. The third-order valence-electron chi connectivity index (χ3n) is 2.86. The zero-order valence-corrected chi connectivity index (χ0v) is 9.35. The first-order valence-corrected chi connectivity index (χ1v) is 5.48. The Morgan fingerprint density at radius 1 is 1.53 bits per heavy atom. The van der Waals surface area contributed by atoms with E-state index in [9.17, 15) is 4.79 Å². The first-order valence-electron chi connectivity index (χ1n) is 5.48. The Kier molecular flexibility index (Phi) is 4.50. The van der Waals surface area contributed by atoms with Crippen molar-refractivity contribution in [2.24, 2.45) is 11.7 Å². The molecule has 88 valence electrons. The summed E-state index contributed by atoms with van der Waals surface area (Å²) in [5.74, 6) is -1.34. The number of carboxylic acids is 1. The SMILES string of the molecule is CCC(CC)ON1C[C@@H](N)[C@@H](C(=O)O)C1. The summed E-state index contributed by atoms with van der Waals surface area (Å²) in [7, 11) is 0. The van der Waals surface area contributed by atoms with Crippen molar-refractivity contribution >= 4 is 5.97 Å². The van der Waals surface area contributed by atoms with Crippen molar-refractivity contribution in [3.05, 3.63) is 0 Å². The van der Waals surface area contributed by atoms with Gasteiger partial charge in [-0.25, -0.2) is 0 Å². The van der Waals surface area contributed by atoms with Gasteiger partial charge in [-0.3, -0.25) is 9.63 Å². The number of carbonyl (C=O) groups is 1. The van der Waals surface area contributed by atoms with Crippen LogP contribution < -0.4 is 5.73 Å². The van der Waals surface area contributed by atoms with E-state index < -0.39 is 11.9 Å². The number of aliphatic carboxylic acids is 1. The van der Waals surface area contributed by atoms with Crippen LogP contribution in [-0.2, 0) is 9.63 Å². The van der Waals surface area contributed by atoms with Gasteiger partial charge in [-0.1, -0.05) is 13.8 Å². The molecular formula is C10H20N2O3. The van der Waals surface area contributed by atoms with Crippen LogP contribution in [0, 0.1) is 5.92 Å². The van der Waals surface area contributed by atoms with E-state index in [0.717, 1.165) is 12.8 Å². The quantitative estimate of drug-likeness (QED) is 0.698. The van der Waals surface area contributed by atoms with Crippen LogP contribution in [0.1, 0.15) is 26.7 Å². The second kappa shape index (κ2) is 5.44. The fraction of sp³-hybridized carbons (Fsp3) is 0.900. The molecule has 1 rings (SSSR count). The van der Waals surface area contributed by atoms with Gasteiger partial charge in [-0.15, -0.1) is 0 Å². The molecule has 0 aromatic heterocycles. The minimum absolute atomic E-state index is 0.171. The molecule has 1 aliphatic rings. The number of nitrogens with two attached hydrogens (primary N) is 1. The van der Waals surface area contributed by atoms with Gasteiger partial charge >= 0.3 is 5.97 Å². The molecule has 0 aromatic rings. The summed E-state index contributed by atoms with van der Waals surface area (Å²) in [4.78, 5) is 16.5. The molecule has 0 aliphatic carbocycles. The lowest BCUT2D eigenvalue weighted by atomic mass is 10.1. The summed E-state index contributed by atoms with van der Waals surface area (Å²) in [5, 5.41) is 10.6. The maximum atomic E-state index is 10.8. The lowest BCUT2D eigenvalue weighted by Gasteiger charge is -2.21. The molecular weight excluding hydrogens is 196 g/mol. The summed E-state index contributed by atoms with van der Waals surface area (Å²) < 4.78 is 0. The monoisotopic (exact) mass is 216 g/mol. The Morgan fingerprint density at radius 3 is 2.53 bits per heavy atom. The van der Waals surface area contributed by atoms with Gasteiger partial charge in [0.05, 0.1) is 12.0 Å². The highest BCUT2D eigenvalue weighted by atomic mass is 16.7. The lowest BCUT2D eigenvalue weighted by Crippen LogP contribution is -2.34. The number of hydrogen-bond donors (Lipinski definition) is 2. The molecule has 5 nitrogen and oxygen atoms in total. The van der Waals surface area contributed by atoms with Gasteiger partial charge in [0.25, 0.3) is 0 Å². The van der Waals surface area contributed by atoms with Gasteiger partial charge in [0, 0.05) is 19.1 Å². The zero-order chi connectivity index (χ0) is 11.4. The molecule has 1 heterocycles. The second-order valence-electron chi connectivity index (χ2n) is 4.00. The number of rotatable bonds is 5. The Labute approximate surface area is 90.1 Å². The fourth-order valence-electron chi connectivity index (χ4n) is 1.79. The Balaban J connectivity index is 2.44. The second-order valence-corrected chi connectivity index (χ2v) is 4.00. The van der Waals surface area contributed by atoms with Crippen molar-refractivity contribution in [2.45, 2.75) is 38.8 Å². The standard InChI is InChI=1S/C10H20N2O3/c1-3-7(4-2)15-12-5-8(10(13)14)9(11)6-12/h7-9H,3-6,11H2,1-2H3,(H,13,14)/t8-,9+/m0/s1. The largest absolute Gasteiger partial charge is 0.481 e. The van der Waals surface area contributed by atoms with Crippen LogP contribution >= 0.6 is 0 Å². The number of hydrogen-bond acceptors (Lipinski definition) is 4. The average molecular weight is 216 g/mol. The fourth-order valence-corrected chi connectivity index (χ4v) is 1.79. The van der Waals surface area contributed by atoms with Gasteiger partial charge in [0.15, 0.2) is 0 Å². The van der Waals surface area contributed by atoms with Crippen molar-refractivity contribution < 1.29 is 14.7 Å². The van der Waals surface area contributed by atoms with Crippen LogP contribution in [0.25, 0.3) is 0 Å². The molecule has 0 amide bonds. The van der Waals surface area contributed by atoms with E-state index in [2.05, 4.69) is 13.8 Å². The number of nitrogens with zero attached hydrogens (tertiary/aromatic N) is 1. The van der Waals surface area contributed by atoms with Crippen LogP contribution in [0.3, 0.4) is 0 Å². The normalized spacial score (nSPS) is 27.5. The third-order valence-corrected chi connectivity index (χ3v) is 2.86. The van der Waals surface area contributed by atoms with Crippen LogP contribution in [0.15, 0.2) is 0 Å². The van der Waals surface area contributed by atoms with Gasteiger partial charge in [0.2, 0.25) is 0 Å². The van der Waals surface area contributed by atoms with Gasteiger partial charge in [-0.2, -0.15) is 5.06 Å². The highest BCUT2D eigenvalue weighted by Crippen LogP contribution is 2.18. The predicted molar refractivity (Wildman–Crippen MR) is 56.1 cm³/mol. The summed E-state index contributed by atoms with van der Waals surface area (Å²) in [5.41, 5.74) is 5.73. The van der Waals surface area contributed by atoms with E-state index in [1.807, 2.05) is 0 Å². The summed E-state index contributed by atoms with van der Waals surface area (Å²) in [6.45, 7) is 5.01. The van der Waals surface area contributed by atoms with Crippen molar-refractivity contribution in [2.75, 3.05) is 13.1 Å². The molecule has 3 N–H and O–H groups in total. The maximum absolute atomic E-state index is 10.8. The van der Waals surface area contributed by atoms with E-state index in [-0.39, 0.29) is 12.1 Å². The van der Waals surface area contributed by atoms with Crippen molar-refractivity contribution in [1.29, 1.82) is 0 Å². The molecule has 0 bridgehead atoms. The number of carboxylic acid groups (broad SMARTS) is 1. The average Bonchev–Trinajstić information content (AvgIpc) is 2.56. The molecule has 1 aliphatic heterocycles. The zero-order valence-electron chi connectivity index (χ0n) is 9.35. The van der Waals surface area contributed by atoms with Crippen LogP contribution in [-0.4, -0.2) is 41.4 Å². The smallest absolute Gasteiger partial charge is 0.309 e. The molecule has 15 heavy (non-hydrogen) atoms. The van der Waals surface area contributed by atoms with Crippen molar-refractivity contribution in [1.82, 2.24) is 5.06 Å². The first kappa shape index (κ1) is 12.4. The van der Waals surface area contributed by atoms with E-state index in [1.54, 1.807) is 5.06 Å². The van der Waals surface area contributed by atoms with E-state index in [4.69, 9.17) is 15.7 Å². The summed E-state index contributed by atoms with van der Waals surface area (Å²) in [6.07, 6.45) is 2.03. The minimum Gasteiger partial charge on any atom is -0.481 e. The molecule has 1 saturated heterocycles. The predicted octanol–water partition coefficient (Wildman–Crippen LogP) is 0.450. The van der Waals surface area contributed by atoms with Crippen molar-refractivity contribution in [3.63, 3.8) is 0 Å². The summed E-state index contributed by atoms with van der Waals surface area (Å²) >= 11 is 0. The Bertz CT molecular complexity index is 219. The Morgan fingerprint density at radius 2 is 2.13 bits per heavy atom. The van der Waals surface area contributed by atoms with Crippen molar-refractivity contribution in [3.8, 4) is 0 Å². The lowest BCUT2D eigenvalue weighted by molar-refractivity contribution is -0.189. The molecule has 0 unspecified atom stereocenters. The van der Waals surface area contributed by atoms with Gasteiger partial charge < -0.3 is 10.8 Å². The molecule has 1 fully saturated rings. The van der Waals surface area contributed by atoms with E-state index >= 15 is 0 Å². The molecule has 0 spiro atoms. The molecule has 0 radical (unpaired) electrons. The highest BCUT2D eigenvalue weighted by molar-refractivity contribution is 5.71. The van der Waals surface area contributed by atoms with Gasteiger partial charge in [0.1, 0.15) is 0 Å². The first-order chi connectivity index (χ1) is 7.08.